The molecule has 2 N–H and O–H groups in total. The van der Waals surface area contributed by atoms with Gasteiger partial charge in [-0.1, -0.05) is 42.7 Å². The molecule has 0 bridgehead atoms. The summed E-state index contributed by atoms with van der Waals surface area (Å²) in [6.45, 7) is 8.82. The molecule has 0 aliphatic rings. The maximum atomic E-state index is 9.60. The molecule has 0 saturated carbocycles. The Labute approximate surface area is 123 Å². The van der Waals surface area contributed by atoms with Crippen molar-refractivity contribution in [2.24, 2.45) is 0 Å². The second kappa shape index (κ2) is 8.57. The van der Waals surface area contributed by atoms with Crippen LogP contribution in [0.3, 0.4) is 0 Å². The van der Waals surface area contributed by atoms with E-state index in [0.29, 0.717) is 0 Å². The molecule has 0 fully saturated rings. The van der Waals surface area contributed by atoms with E-state index < -0.39 is 20.4 Å². The second-order valence-corrected chi connectivity index (χ2v) is 8.10. The molecule has 0 spiro atoms. The van der Waals surface area contributed by atoms with Gasteiger partial charge in [0.1, 0.15) is 5.60 Å². The van der Waals surface area contributed by atoms with Crippen LogP contribution < -0.4 is 5.19 Å². The van der Waals surface area contributed by atoms with E-state index in [0.717, 1.165) is 13.0 Å². The van der Waals surface area contributed by atoms with Crippen LogP contribution in [0.4, 0.5) is 0 Å². The monoisotopic (exact) mass is 292 g/mol. The van der Waals surface area contributed by atoms with E-state index in [2.05, 4.69) is 49.6 Å². The van der Waals surface area contributed by atoms with Crippen molar-refractivity contribution in [3.05, 3.63) is 29.8 Å². The average Bonchev–Trinajstić information content (AvgIpc) is 2.30. The van der Waals surface area contributed by atoms with Gasteiger partial charge in [0, 0.05) is 6.92 Å². The first kappa shape index (κ1) is 18.4. The summed E-state index contributed by atoms with van der Waals surface area (Å²) in [5, 5.41) is 18.4. The Hall–Kier alpha value is -1.57. The summed E-state index contributed by atoms with van der Waals surface area (Å²) in [6.07, 6.45) is 0. The van der Waals surface area contributed by atoms with Crippen LogP contribution in [-0.2, 0) is 4.79 Å². The first-order valence-corrected chi connectivity index (χ1v) is 8.64. The van der Waals surface area contributed by atoms with Crippen molar-refractivity contribution in [2.45, 2.75) is 46.3 Å². The van der Waals surface area contributed by atoms with Crippen molar-refractivity contribution >= 4 is 20.0 Å². The summed E-state index contributed by atoms with van der Waals surface area (Å²) in [7, 11) is -1.21. The Morgan fingerprint density at radius 3 is 2.10 bits per heavy atom. The van der Waals surface area contributed by atoms with Gasteiger partial charge in [0.05, 0.1) is 0 Å². The maximum Gasteiger partial charge on any atom is 0.300 e. The smallest absolute Gasteiger partial charge is 0.300 e. The lowest BCUT2D eigenvalue weighted by Crippen LogP contribution is -2.28. The van der Waals surface area contributed by atoms with E-state index in [4.69, 9.17) is 9.90 Å². The fourth-order valence-electron chi connectivity index (χ4n) is 1.48. The molecule has 1 rings (SSSR count). The number of benzene rings is 1. The van der Waals surface area contributed by atoms with Gasteiger partial charge in [0.15, 0.2) is 8.80 Å². The van der Waals surface area contributed by atoms with Crippen LogP contribution in [0.2, 0.25) is 6.04 Å². The van der Waals surface area contributed by atoms with Crippen molar-refractivity contribution in [1.29, 1.82) is 0 Å². The second-order valence-electron chi connectivity index (χ2n) is 5.22. The molecule has 1 aromatic rings. The number of hydrogen-bond donors (Lipinski definition) is 2. The topological polar surface area (TPSA) is 57.5 Å². The van der Waals surface area contributed by atoms with Crippen molar-refractivity contribution in [2.75, 3.05) is 0 Å². The minimum Gasteiger partial charge on any atom is -0.481 e. The third kappa shape index (κ3) is 9.37. The van der Waals surface area contributed by atoms with Crippen LogP contribution >= 0.6 is 0 Å². The Morgan fingerprint density at radius 1 is 1.30 bits per heavy atom. The van der Waals surface area contributed by atoms with Gasteiger partial charge in [0.2, 0.25) is 0 Å². The molecular formula is C16H24O3Si. The number of hydrogen-bond acceptors (Lipinski definition) is 2. The maximum absolute atomic E-state index is 9.60. The third-order valence-electron chi connectivity index (χ3n) is 2.44. The predicted molar refractivity (Wildman–Crippen MR) is 85.8 cm³/mol. The van der Waals surface area contributed by atoms with E-state index in [9.17, 15) is 5.11 Å². The molecule has 0 aromatic heterocycles. The molecule has 0 aliphatic carbocycles. The predicted octanol–water partition coefficient (Wildman–Crippen LogP) is 1.85. The first-order chi connectivity index (χ1) is 9.15. The van der Waals surface area contributed by atoms with Crippen molar-refractivity contribution < 1.29 is 15.0 Å². The molecule has 4 heteroatoms. The van der Waals surface area contributed by atoms with Gasteiger partial charge in [-0.25, -0.2) is 0 Å². The lowest BCUT2D eigenvalue weighted by Gasteiger charge is -2.10. The highest BCUT2D eigenvalue weighted by Crippen LogP contribution is 2.00. The van der Waals surface area contributed by atoms with Crippen molar-refractivity contribution in [3.63, 3.8) is 0 Å². The molecule has 1 atom stereocenters. The lowest BCUT2D eigenvalue weighted by molar-refractivity contribution is -0.134. The fourth-order valence-corrected chi connectivity index (χ4v) is 3.51. The van der Waals surface area contributed by atoms with E-state index in [1.807, 2.05) is 0 Å². The molecule has 0 amide bonds. The largest absolute Gasteiger partial charge is 0.481 e. The quantitative estimate of drug-likeness (QED) is 0.646. The van der Waals surface area contributed by atoms with Crippen molar-refractivity contribution in [3.8, 4) is 11.5 Å². The first-order valence-electron chi connectivity index (χ1n) is 6.67. The number of carboxylic acid groups (broad SMARTS) is 1. The van der Waals surface area contributed by atoms with Gasteiger partial charge in [-0.05, 0) is 32.0 Å². The molecule has 0 aliphatic heterocycles. The molecule has 0 radical (unpaired) electrons. The Kier molecular flexibility index (Phi) is 7.89. The van der Waals surface area contributed by atoms with Gasteiger partial charge in [-0.3, -0.25) is 4.79 Å². The summed E-state index contributed by atoms with van der Waals surface area (Å²) in [5.74, 6) is 2.12. The van der Waals surface area contributed by atoms with E-state index in [-0.39, 0.29) is 0 Å². The number of rotatable bonds is 2. The number of aliphatic carboxylic acids is 1. The zero-order valence-electron chi connectivity index (χ0n) is 12.9. The molecule has 1 aromatic carbocycles. The van der Waals surface area contributed by atoms with Gasteiger partial charge in [-0.15, -0.1) is 5.54 Å². The van der Waals surface area contributed by atoms with Gasteiger partial charge < -0.3 is 10.2 Å². The number of carbonyl (C=O) groups is 1. The standard InChI is InChI=1S/C14H20OSi.C2H4O2/c1-5-16(11-10-14(3,4)15)13-8-6-12(2)7-9-13;1-2(3)4/h6-9,15-16H,5H2,1-4H3;1H3,(H,3,4). The number of carboxylic acids is 1. The highest BCUT2D eigenvalue weighted by atomic mass is 28.3. The third-order valence-corrected chi connectivity index (χ3v) is 4.94. The molecule has 0 heterocycles. The number of aryl methyl sites for hydroxylation is 1. The van der Waals surface area contributed by atoms with Crippen molar-refractivity contribution in [1.82, 2.24) is 0 Å². The van der Waals surface area contributed by atoms with E-state index >= 15 is 0 Å². The zero-order valence-corrected chi connectivity index (χ0v) is 14.1. The molecule has 20 heavy (non-hydrogen) atoms. The molecule has 3 nitrogen and oxygen atoms in total. The Bertz CT molecular complexity index is 471. The van der Waals surface area contributed by atoms with Crippen LogP contribution in [-0.4, -0.2) is 30.6 Å². The van der Waals surface area contributed by atoms with Gasteiger partial charge >= 0.3 is 0 Å². The summed E-state index contributed by atoms with van der Waals surface area (Å²) >= 11 is 0. The highest BCUT2D eigenvalue weighted by Gasteiger charge is 2.11. The van der Waals surface area contributed by atoms with Crippen LogP contribution in [0, 0.1) is 18.4 Å². The molecular weight excluding hydrogens is 268 g/mol. The summed E-state index contributed by atoms with van der Waals surface area (Å²) in [4.78, 5) is 9.00. The minimum absolute atomic E-state index is 0.833. The van der Waals surface area contributed by atoms with Crippen LogP contribution in [0.5, 0.6) is 0 Å². The summed E-state index contributed by atoms with van der Waals surface area (Å²) in [5.41, 5.74) is 3.69. The average molecular weight is 292 g/mol. The summed E-state index contributed by atoms with van der Waals surface area (Å²) in [6, 6.07) is 9.73. The SMILES string of the molecule is CC(=O)O.CC[SiH](C#CC(C)(C)O)c1ccc(C)cc1. The normalized spacial score (nSPS) is 11.5. The Balaban J connectivity index is 0.000000796. The van der Waals surface area contributed by atoms with Crippen LogP contribution in [0.1, 0.15) is 33.3 Å². The molecule has 110 valence electrons. The number of aliphatic hydroxyl groups is 1. The fraction of sp³-hybridized carbons (Fsp3) is 0.438. The zero-order chi connectivity index (χ0) is 15.8. The van der Waals surface area contributed by atoms with Gasteiger partial charge in [0.25, 0.3) is 5.97 Å². The van der Waals surface area contributed by atoms with E-state index in [1.165, 1.54) is 10.8 Å². The Morgan fingerprint density at radius 2 is 1.75 bits per heavy atom. The van der Waals surface area contributed by atoms with E-state index in [1.54, 1.807) is 13.8 Å². The van der Waals surface area contributed by atoms with Crippen LogP contribution in [0.15, 0.2) is 24.3 Å². The molecule has 1 unspecified atom stereocenters. The minimum atomic E-state index is -1.21. The highest BCUT2D eigenvalue weighted by molar-refractivity contribution is 6.80. The lowest BCUT2D eigenvalue weighted by atomic mass is 10.2. The molecule has 0 saturated heterocycles. The summed E-state index contributed by atoms with van der Waals surface area (Å²) < 4.78 is 0. The van der Waals surface area contributed by atoms with Crippen LogP contribution in [0.25, 0.3) is 0 Å². The van der Waals surface area contributed by atoms with Gasteiger partial charge in [-0.2, -0.15) is 0 Å².